The molecule has 8 nitrogen and oxygen atoms in total. The van der Waals surface area contributed by atoms with Crippen LogP contribution in [-0.4, -0.2) is 24.9 Å². The van der Waals surface area contributed by atoms with Crippen molar-refractivity contribution in [2.45, 2.75) is 13.5 Å². The van der Waals surface area contributed by atoms with Crippen LogP contribution in [0.1, 0.15) is 11.8 Å². The Morgan fingerprint density at radius 3 is 2.93 bits per heavy atom. The van der Waals surface area contributed by atoms with Crippen LogP contribution < -0.4 is 0 Å². The quantitative estimate of drug-likeness (QED) is 0.540. The highest BCUT2D eigenvalue weighted by atomic mass is 16.6. The first-order chi connectivity index (χ1) is 7.15. The van der Waals surface area contributed by atoms with Gasteiger partial charge in [-0.3, -0.25) is 14.8 Å². The van der Waals surface area contributed by atoms with Gasteiger partial charge in [0.2, 0.25) is 11.8 Å². The van der Waals surface area contributed by atoms with Crippen LogP contribution in [0.15, 0.2) is 16.8 Å². The lowest BCUT2D eigenvalue weighted by Gasteiger charge is -1.92. The number of hydrogen-bond acceptors (Lipinski definition) is 6. The van der Waals surface area contributed by atoms with Crippen LogP contribution >= 0.6 is 0 Å². The lowest BCUT2D eigenvalue weighted by Crippen LogP contribution is -2.00. The highest BCUT2D eigenvalue weighted by Gasteiger charge is 2.10. The van der Waals surface area contributed by atoms with Crippen molar-refractivity contribution in [3.8, 4) is 0 Å². The molecule has 0 spiro atoms. The van der Waals surface area contributed by atoms with Crippen molar-refractivity contribution in [2.24, 2.45) is 0 Å². The summed E-state index contributed by atoms with van der Waals surface area (Å²) in [6.45, 7) is 1.90. The van der Waals surface area contributed by atoms with Gasteiger partial charge in [-0.2, -0.15) is 5.10 Å². The molecule has 8 heteroatoms. The molecular weight excluding hydrogens is 202 g/mol. The summed E-state index contributed by atoms with van der Waals surface area (Å²) >= 11 is 0. The Morgan fingerprint density at radius 1 is 1.60 bits per heavy atom. The molecule has 2 aromatic rings. The number of hydrogen-bond donors (Lipinski definition) is 0. The zero-order valence-corrected chi connectivity index (χ0v) is 7.82. The molecule has 0 saturated heterocycles. The van der Waals surface area contributed by atoms with Gasteiger partial charge in [-0.15, -0.1) is 10.2 Å². The smallest absolute Gasteiger partial charge is 0.307 e. The normalized spacial score (nSPS) is 10.5. The lowest BCUT2D eigenvalue weighted by atomic mass is 10.6. The average Bonchev–Trinajstić information content (AvgIpc) is 2.76. The molecule has 0 bridgehead atoms. The number of rotatable bonds is 3. The first kappa shape index (κ1) is 9.31. The second-order valence-corrected chi connectivity index (χ2v) is 2.87. The molecule has 2 heterocycles. The molecule has 2 rings (SSSR count). The fourth-order valence-electron chi connectivity index (χ4n) is 1.07. The van der Waals surface area contributed by atoms with Gasteiger partial charge in [-0.1, -0.05) is 0 Å². The Balaban J connectivity index is 2.14. The van der Waals surface area contributed by atoms with E-state index in [4.69, 9.17) is 4.42 Å². The van der Waals surface area contributed by atoms with E-state index < -0.39 is 4.92 Å². The van der Waals surface area contributed by atoms with E-state index in [1.165, 1.54) is 17.1 Å². The van der Waals surface area contributed by atoms with Crippen molar-refractivity contribution in [1.29, 1.82) is 0 Å². The second kappa shape index (κ2) is 3.48. The van der Waals surface area contributed by atoms with Crippen LogP contribution in [-0.2, 0) is 6.54 Å². The van der Waals surface area contributed by atoms with Crippen LogP contribution in [0.25, 0.3) is 0 Å². The molecule has 0 atom stereocenters. The van der Waals surface area contributed by atoms with E-state index in [0.29, 0.717) is 11.8 Å². The van der Waals surface area contributed by atoms with Gasteiger partial charge in [0.15, 0.2) is 0 Å². The summed E-state index contributed by atoms with van der Waals surface area (Å²) in [7, 11) is 0. The zero-order valence-electron chi connectivity index (χ0n) is 7.82. The minimum atomic E-state index is -0.511. The number of nitro groups is 1. The molecule has 0 aromatic carbocycles. The average molecular weight is 209 g/mol. The van der Waals surface area contributed by atoms with Gasteiger partial charge in [0, 0.05) is 6.92 Å². The predicted molar refractivity (Wildman–Crippen MR) is 47.0 cm³/mol. The van der Waals surface area contributed by atoms with Gasteiger partial charge in [-0.05, 0) is 0 Å². The third-order valence-corrected chi connectivity index (χ3v) is 1.70. The van der Waals surface area contributed by atoms with Crippen molar-refractivity contribution in [3.05, 3.63) is 34.3 Å². The minimum Gasteiger partial charge on any atom is -0.424 e. The van der Waals surface area contributed by atoms with Crippen molar-refractivity contribution in [3.63, 3.8) is 0 Å². The molecule has 0 N–H and O–H groups in total. The second-order valence-electron chi connectivity index (χ2n) is 2.87. The van der Waals surface area contributed by atoms with Gasteiger partial charge in [0.25, 0.3) is 0 Å². The Hall–Kier alpha value is -2.25. The summed E-state index contributed by atoms with van der Waals surface area (Å²) in [6.07, 6.45) is 2.47. The van der Waals surface area contributed by atoms with Gasteiger partial charge in [0.1, 0.15) is 18.9 Å². The van der Waals surface area contributed by atoms with Gasteiger partial charge >= 0.3 is 5.69 Å². The van der Waals surface area contributed by atoms with Gasteiger partial charge in [0.05, 0.1) is 4.92 Å². The van der Waals surface area contributed by atoms with E-state index in [1.54, 1.807) is 6.92 Å². The Labute approximate surface area is 83.7 Å². The Bertz CT molecular complexity index is 488. The summed E-state index contributed by atoms with van der Waals surface area (Å²) in [5.41, 5.74) is -0.0637. The molecule has 0 aliphatic rings. The SMILES string of the molecule is Cc1nnc(Cn2cc([N+](=O)[O-])cn2)o1. The number of nitrogens with zero attached hydrogens (tertiary/aromatic N) is 5. The fourth-order valence-corrected chi connectivity index (χ4v) is 1.07. The molecule has 15 heavy (non-hydrogen) atoms. The van der Waals surface area contributed by atoms with E-state index in [0.717, 1.165) is 0 Å². The van der Waals surface area contributed by atoms with Crippen molar-refractivity contribution < 1.29 is 9.34 Å². The third-order valence-electron chi connectivity index (χ3n) is 1.70. The maximum absolute atomic E-state index is 10.4. The first-order valence-corrected chi connectivity index (χ1v) is 4.11. The largest absolute Gasteiger partial charge is 0.424 e. The molecule has 0 fully saturated rings. The standard InChI is InChI=1S/C7H7N5O3/c1-5-9-10-7(15-5)4-11-3-6(2-8-11)12(13)14/h2-3H,4H2,1H3. The molecule has 0 amide bonds. The van der Waals surface area contributed by atoms with Crippen molar-refractivity contribution in [2.75, 3.05) is 0 Å². The van der Waals surface area contributed by atoms with Crippen LogP contribution in [0, 0.1) is 17.0 Å². The molecule has 0 aliphatic heterocycles. The molecule has 2 aromatic heterocycles. The maximum atomic E-state index is 10.4. The van der Waals surface area contributed by atoms with Crippen molar-refractivity contribution >= 4 is 5.69 Å². The molecule has 0 saturated carbocycles. The monoisotopic (exact) mass is 209 g/mol. The first-order valence-electron chi connectivity index (χ1n) is 4.11. The highest BCUT2D eigenvalue weighted by Crippen LogP contribution is 2.09. The fraction of sp³-hybridized carbons (Fsp3) is 0.286. The molecule has 0 radical (unpaired) electrons. The molecular formula is C7H7N5O3. The minimum absolute atomic E-state index is 0.0637. The summed E-state index contributed by atoms with van der Waals surface area (Å²) in [5, 5.41) is 21.5. The molecule has 0 unspecified atom stereocenters. The predicted octanol–water partition coefficient (Wildman–Crippen LogP) is 0.531. The van der Waals surface area contributed by atoms with Crippen LogP contribution in [0.3, 0.4) is 0 Å². The van der Waals surface area contributed by atoms with E-state index in [-0.39, 0.29) is 12.2 Å². The summed E-state index contributed by atoms with van der Waals surface area (Å²) in [4.78, 5) is 9.86. The topological polar surface area (TPSA) is 99.9 Å². The van der Waals surface area contributed by atoms with Gasteiger partial charge in [-0.25, -0.2) is 0 Å². The van der Waals surface area contributed by atoms with Gasteiger partial charge < -0.3 is 4.42 Å². The van der Waals surface area contributed by atoms with E-state index in [2.05, 4.69) is 15.3 Å². The van der Waals surface area contributed by atoms with Crippen LogP contribution in [0.2, 0.25) is 0 Å². The highest BCUT2D eigenvalue weighted by molar-refractivity contribution is 5.20. The van der Waals surface area contributed by atoms with Crippen molar-refractivity contribution in [1.82, 2.24) is 20.0 Å². The van der Waals surface area contributed by atoms with E-state index >= 15 is 0 Å². The van der Waals surface area contributed by atoms with E-state index in [9.17, 15) is 10.1 Å². The maximum Gasteiger partial charge on any atom is 0.307 e. The van der Waals surface area contributed by atoms with E-state index in [1.807, 2.05) is 0 Å². The number of aryl methyl sites for hydroxylation is 1. The summed E-state index contributed by atoms with van der Waals surface area (Å²) in [5.74, 6) is 0.817. The van der Waals surface area contributed by atoms with Crippen LogP contribution in [0.4, 0.5) is 5.69 Å². The lowest BCUT2D eigenvalue weighted by molar-refractivity contribution is -0.385. The zero-order chi connectivity index (χ0) is 10.8. The van der Waals surface area contributed by atoms with Crippen LogP contribution in [0.5, 0.6) is 0 Å². The summed E-state index contributed by atoms with van der Waals surface area (Å²) < 4.78 is 6.47. The Kier molecular flexibility index (Phi) is 2.16. The third kappa shape index (κ3) is 1.98. The Morgan fingerprint density at radius 2 is 2.40 bits per heavy atom. The number of aromatic nitrogens is 4. The summed E-state index contributed by atoms with van der Waals surface area (Å²) in [6, 6.07) is 0. The molecule has 78 valence electrons. The molecule has 0 aliphatic carbocycles.